The van der Waals surface area contributed by atoms with Crippen molar-refractivity contribution in [1.82, 2.24) is 0 Å². The van der Waals surface area contributed by atoms with Gasteiger partial charge in [-0.3, -0.25) is 4.79 Å². The summed E-state index contributed by atoms with van der Waals surface area (Å²) in [5.74, 6) is 0.614. The number of carbonyl (C=O) groups excluding carboxylic acids is 1. The van der Waals surface area contributed by atoms with Crippen LogP contribution in [0.1, 0.15) is 5.76 Å². The van der Waals surface area contributed by atoms with Crippen LogP contribution in [0.2, 0.25) is 0 Å². The molecule has 2 aromatic carbocycles. The highest BCUT2D eigenvalue weighted by molar-refractivity contribution is 6.09. The highest BCUT2D eigenvalue weighted by Crippen LogP contribution is 2.23. The summed E-state index contributed by atoms with van der Waals surface area (Å²) in [6.45, 7) is 0. The molecule has 5 heteroatoms. The summed E-state index contributed by atoms with van der Waals surface area (Å²) in [5, 5.41) is 21.1. The smallest absolute Gasteiger partial charge is 0.266 e. The van der Waals surface area contributed by atoms with Gasteiger partial charge in [-0.25, -0.2) is 0 Å². The molecule has 1 heterocycles. The highest BCUT2D eigenvalue weighted by Gasteiger charge is 2.11. The summed E-state index contributed by atoms with van der Waals surface area (Å²) in [7, 11) is 0. The van der Waals surface area contributed by atoms with Crippen LogP contribution in [-0.2, 0) is 4.79 Å². The zero-order valence-corrected chi connectivity index (χ0v) is 13.1. The largest absolute Gasteiger partial charge is 0.508 e. The maximum Gasteiger partial charge on any atom is 0.266 e. The van der Waals surface area contributed by atoms with Crippen molar-refractivity contribution in [1.29, 1.82) is 5.26 Å². The van der Waals surface area contributed by atoms with Crippen LogP contribution in [0.4, 0.5) is 5.69 Å². The zero-order chi connectivity index (χ0) is 17.6. The number of phenolic OH excluding ortho intramolecular Hbond substituents is 1. The minimum Gasteiger partial charge on any atom is -0.508 e. The topological polar surface area (TPSA) is 86.3 Å². The van der Waals surface area contributed by atoms with Gasteiger partial charge in [0.25, 0.3) is 5.91 Å². The van der Waals surface area contributed by atoms with Crippen molar-refractivity contribution in [2.45, 2.75) is 0 Å². The van der Waals surface area contributed by atoms with Crippen LogP contribution in [0.15, 0.2) is 76.7 Å². The van der Waals surface area contributed by atoms with Gasteiger partial charge in [0.15, 0.2) is 0 Å². The number of carbonyl (C=O) groups is 1. The molecule has 0 aliphatic rings. The van der Waals surface area contributed by atoms with E-state index in [0.29, 0.717) is 17.2 Å². The minimum absolute atomic E-state index is 0.0814. The second-order valence-corrected chi connectivity index (χ2v) is 5.24. The lowest BCUT2D eigenvalue weighted by molar-refractivity contribution is -0.112. The molecule has 1 amide bonds. The Hall–Kier alpha value is -3.78. The summed E-state index contributed by atoms with van der Waals surface area (Å²) in [6.07, 6.45) is 1.39. The number of amides is 1. The quantitative estimate of drug-likeness (QED) is 0.426. The zero-order valence-electron chi connectivity index (χ0n) is 13.1. The van der Waals surface area contributed by atoms with Gasteiger partial charge in [0, 0.05) is 17.3 Å². The Labute approximate surface area is 144 Å². The van der Waals surface area contributed by atoms with Gasteiger partial charge < -0.3 is 14.8 Å². The van der Waals surface area contributed by atoms with E-state index in [1.54, 1.807) is 24.3 Å². The molecule has 0 atom stereocenters. The van der Waals surface area contributed by atoms with Crippen LogP contribution < -0.4 is 5.32 Å². The third kappa shape index (κ3) is 3.95. The molecule has 25 heavy (non-hydrogen) atoms. The van der Waals surface area contributed by atoms with Gasteiger partial charge in [-0.1, -0.05) is 30.3 Å². The van der Waals surface area contributed by atoms with Gasteiger partial charge in [-0.2, -0.15) is 5.26 Å². The van der Waals surface area contributed by atoms with Crippen LogP contribution in [0, 0.1) is 11.3 Å². The van der Waals surface area contributed by atoms with Crippen LogP contribution in [0.5, 0.6) is 5.75 Å². The number of phenols is 1. The van der Waals surface area contributed by atoms with E-state index in [-0.39, 0.29) is 11.3 Å². The summed E-state index contributed by atoms with van der Waals surface area (Å²) < 4.78 is 5.68. The van der Waals surface area contributed by atoms with E-state index in [0.717, 1.165) is 5.56 Å². The van der Waals surface area contributed by atoms with E-state index >= 15 is 0 Å². The summed E-state index contributed by atoms with van der Waals surface area (Å²) in [5.41, 5.74) is 1.31. The molecule has 0 aliphatic carbocycles. The standard InChI is InChI=1S/C20H14N2O3/c21-13-15(20(24)22-16-6-8-17(23)9-7-16)12-18-10-11-19(25-18)14-4-2-1-3-5-14/h1-12,23H,(H,22,24). The number of nitrogens with one attached hydrogen (secondary N) is 1. The maximum atomic E-state index is 12.2. The fourth-order valence-electron chi connectivity index (χ4n) is 2.22. The van der Waals surface area contributed by atoms with Crippen molar-refractivity contribution in [3.63, 3.8) is 0 Å². The Balaban J connectivity index is 1.78. The van der Waals surface area contributed by atoms with Crippen LogP contribution in [0.3, 0.4) is 0 Å². The third-order valence-corrected chi connectivity index (χ3v) is 3.46. The predicted molar refractivity (Wildman–Crippen MR) is 94.5 cm³/mol. The minimum atomic E-state index is -0.550. The number of hydrogen-bond donors (Lipinski definition) is 2. The van der Waals surface area contributed by atoms with Crippen LogP contribution in [-0.4, -0.2) is 11.0 Å². The van der Waals surface area contributed by atoms with E-state index in [2.05, 4.69) is 5.32 Å². The second kappa shape index (κ2) is 7.20. The molecule has 122 valence electrons. The number of hydrogen-bond acceptors (Lipinski definition) is 4. The normalized spacial score (nSPS) is 10.9. The van der Waals surface area contributed by atoms with Crippen molar-refractivity contribution in [2.24, 2.45) is 0 Å². The number of anilines is 1. The molecule has 0 spiro atoms. The van der Waals surface area contributed by atoms with Gasteiger partial charge in [0.2, 0.25) is 0 Å². The fraction of sp³-hybridized carbons (Fsp3) is 0. The van der Waals surface area contributed by atoms with Crippen LogP contribution >= 0.6 is 0 Å². The molecule has 0 aliphatic heterocycles. The molecule has 0 bridgehead atoms. The first kappa shape index (κ1) is 16.1. The molecular weight excluding hydrogens is 316 g/mol. The Morgan fingerprint density at radius 3 is 2.44 bits per heavy atom. The monoisotopic (exact) mass is 330 g/mol. The third-order valence-electron chi connectivity index (χ3n) is 3.46. The van der Waals surface area contributed by atoms with Gasteiger partial charge in [0.1, 0.15) is 28.9 Å². The second-order valence-electron chi connectivity index (χ2n) is 5.24. The van der Waals surface area contributed by atoms with Crippen molar-refractivity contribution in [2.75, 3.05) is 5.32 Å². The molecule has 2 N–H and O–H groups in total. The van der Waals surface area contributed by atoms with Crippen LogP contribution in [0.25, 0.3) is 17.4 Å². The molecule has 0 radical (unpaired) electrons. The lowest BCUT2D eigenvalue weighted by Crippen LogP contribution is -2.13. The van der Waals surface area contributed by atoms with Gasteiger partial charge in [0.05, 0.1) is 0 Å². The molecule has 0 saturated carbocycles. The Kier molecular flexibility index (Phi) is 4.63. The first-order chi connectivity index (χ1) is 12.2. The first-order valence-corrected chi connectivity index (χ1v) is 7.53. The number of nitrogens with zero attached hydrogens (tertiary/aromatic N) is 1. The van der Waals surface area contributed by atoms with E-state index in [9.17, 15) is 15.2 Å². The lowest BCUT2D eigenvalue weighted by atomic mass is 10.2. The molecule has 0 fully saturated rings. The molecule has 0 unspecified atom stereocenters. The predicted octanol–water partition coefficient (Wildman–Crippen LogP) is 4.20. The van der Waals surface area contributed by atoms with E-state index in [1.165, 1.54) is 18.2 Å². The van der Waals surface area contributed by atoms with E-state index in [1.807, 2.05) is 36.4 Å². The average molecular weight is 330 g/mol. The first-order valence-electron chi connectivity index (χ1n) is 7.53. The maximum absolute atomic E-state index is 12.2. The van der Waals surface area contributed by atoms with Crippen molar-refractivity contribution < 1.29 is 14.3 Å². The molecule has 5 nitrogen and oxygen atoms in total. The Morgan fingerprint density at radius 1 is 1.04 bits per heavy atom. The number of rotatable bonds is 4. The number of benzene rings is 2. The number of nitriles is 1. The molecule has 1 aromatic heterocycles. The Bertz CT molecular complexity index is 949. The molecule has 0 saturated heterocycles. The average Bonchev–Trinajstić information content (AvgIpc) is 3.11. The number of aromatic hydroxyl groups is 1. The summed E-state index contributed by atoms with van der Waals surface area (Å²) in [4.78, 5) is 12.2. The van der Waals surface area contributed by atoms with Crippen molar-refractivity contribution in [3.05, 3.63) is 78.1 Å². The van der Waals surface area contributed by atoms with Crippen molar-refractivity contribution >= 4 is 17.7 Å². The molecular formula is C20H14N2O3. The SMILES string of the molecule is N#CC(=Cc1ccc(-c2ccccc2)o1)C(=O)Nc1ccc(O)cc1. The van der Waals surface area contributed by atoms with Crippen molar-refractivity contribution in [3.8, 4) is 23.1 Å². The number of furan rings is 1. The molecule has 3 aromatic rings. The summed E-state index contributed by atoms with van der Waals surface area (Å²) >= 11 is 0. The Morgan fingerprint density at radius 2 is 1.76 bits per heavy atom. The lowest BCUT2D eigenvalue weighted by Gasteiger charge is -2.03. The fourth-order valence-corrected chi connectivity index (χ4v) is 2.22. The van der Waals surface area contributed by atoms with Gasteiger partial charge >= 0.3 is 0 Å². The van der Waals surface area contributed by atoms with Gasteiger partial charge in [-0.05, 0) is 36.4 Å². The molecule has 3 rings (SSSR count). The summed E-state index contributed by atoms with van der Waals surface area (Å²) in [6, 6.07) is 20.9. The highest BCUT2D eigenvalue weighted by atomic mass is 16.3. The van der Waals surface area contributed by atoms with E-state index < -0.39 is 5.91 Å². The van der Waals surface area contributed by atoms with Gasteiger partial charge in [-0.15, -0.1) is 0 Å². The van der Waals surface area contributed by atoms with E-state index in [4.69, 9.17) is 4.42 Å².